The summed E-state index contributed by atoms with van der Waals surface area (Å²) in [5, 5.41) is 0. The van der Waals surface area contributed by atoms with Crippen LogP contribution in [0.15, 0.2) is 0 Å². The highest BCUT2D eigenvalue weighted by atomic mass is 15.2. The standard InChI is InChI=1S/C10H19N.2C2H6/c1-9-5-7-11-6-3-2-4-10(11)8-9;2*1-2/h9-10H,2-8H2,1H3;2*1-2H3. The van der Waals surface area contributed by atoms with Gasteiger partial charge in [-0.05, 0) is 44.7 Å². The van der Waals surface area contributed by atoms with Gasteiger partial charge in [0.25, 0.3) is 0 Å². The van der Waals surface area contributed by atoms with Crippen molar-refractivity contribution in [1.82, 2.24) is 4.90 Å². The highest BCUT2D eigenvalue weighted by molar-refractivity contribution is 4.82. The van der Waals surface area contributed by atoms with E-state index in [4.69, 9.17) is 0 Å². The largest absolute Gasteiger partial charge is 0.300 e. The van der Waals surface area contributed by atoms with Gasteiger partial charge in [-0.15, -0.1) is 0 Å². The molecule has 2 aliphatic rings. The third kappa shape index (κ3) is 5.01. The summed E-state index contributed by atoms with van der Waals surface area (Å²) in [7, 11) is 0. The highest BCUT2D eigenvalue weighted by Crippen LogP contribution is 2.28. The number of hydrogen-bond acceptors (Lipinski definition) is 1. The molecule has 2 aliphatic heterocycles. The first-order valence-corrected chi connectivity index (χ1v) is 7.10. The Morgan fingerprint density at radius 2 is 1.53 bits per heavy atom. The summed E-state index contributed by atoms with van der Waals surface area (Å²) in [5.74, 6) is 0.995. The Kier molecular flexibility index (Phi) is 9.18. The van der Waals surface area contributed by atoms with E-state index in [0.29, 0.717) is 0 Å². The molecule has 2 atom stereocenters. The average Bonchev–Trinajstić information content (AvgIpc) is 2.34. The molecule has 1 nitrogen and oxygen atoms in total. The lowest BCUT2D eigenvalue weighted by Crippen LogP contribution is -2.44. The van der Waals surface area contributed by atoms with E-state index in [1.807, 2.05) is 27.7 Å². The Bertz CT molecular complexity index is 133. The zero-order valence-corrected chi connectivity index (χ0v) is 11.6. The van der Waals surface area contributed by atoms with Crippen molar-refractivity contribution in [3.8, 4) is 0 Å². The maximum atomic E-state index is 2.71. The molecular formula is C14H31N. The lowest BCUT2D eigenvalue weighted by atomic mass is 9.87. The first-order valence-electron chi connectivity index (χ1n) is 7.10. The van der Waals surface area contributed by atoms with Crippen LogP contribution in [0.25, 0.3) is 0 Å². The van der Waals surface area contributed by atoms with Crippen molar-refractivity contribution in [2.75, 3.05) is 13.1 Å². The summed E-state index contributed by atoms with van der Waals surface area (Å²) in [6, 6.07) is 0.965. The predicted octanol–water partition coefficient (Wildman–Crippen LogP) is 4.32. The summed E-state index contributed by atoms with van der Waals surface area (Å²) in [5.41, 5.74) is 0. The maximum Gasteiger partial charge on any atom is 0.00978 e. The van der Waals surface area contributed by atoms with Crippen LogP contribution in [0.1, 0.15) is 66.7 Å². The summed E-state index contributed by atoms with van der Waals surface area (Å²) >= 11 is 0. The van der Waals surface area contributed by atoms with Crippen molar-refractivity contribution in [2.45, 2.75) is 72.8 Å². The van der Waals surface area contributed by atoms with Crippen molar-refractivity contribution in [2.24, 2.45) is 5.92 Å². The first-order chi connectivity index (χ1) is 7.36. The van der Waals surface area contributed by atoms with Gasteiger partial charge in [0.1, 0.15) is 0 Å². The van der Waals surface area contributed by atoms with Crippen LogP contribution in [0.2, 0.25) is 0 Å². The van der Waals surface area contributed by atoms with Gasteiger partial charge in [0.05, 0.1) is 0 Å². The van der Waals surface area contributed by atoms with E-state index in [9.17, 15) is 0 Å². The van der Waals surface area contributed by atoms with Crippen LogP contribution in [-0.2, 0) is 0 Å². The molecule has 0 aromatic carbocycles. The van der Waals surface area contributed by atoms with Gasteiger partial charge >= 0.3 is 0 Å². The van der Waals surface area contributed by atoms with Crippen molar-refractivity contribution >= 4 is 0 Å². The fraction of sp³-hybridized carbons (Fsp3) is 1.00. The van der Waals surface area contributed by atoms with Gasteiger partial charge in [0, 0.05) is 6.04 Å². The predicted molar refractivity (Wildman–Crippen MR) is 70.3 cm³/mol. The van der Waals surface area contributed by atoms with Crippen LogP contribution in [0.3, 0.4) is 0 Å². The van der Waals surface area contributed by atoms with E-state index < -0.39 is 0 Å². The van der Waals surface area contributed by atoms with Crippen LogP contribution in [0.4, 0.5) is 0 Å². The van der Waals surface area contributed by atoms with Crippen LogP contribution >= 0.6 is 0 Å². The lowest BCUT2D eigenvalue weighted by Gasteiger charge is -2.41. The van der Waals surface area contributed by atoms with Crippen molar-refractivity contribution in [3.05, 3.63) is 0 Å². The molecule has 1 heteroatoms. The fourth-order valence-electron chi connectivity index (χ4n) is 2.59. The summed E-state index contributed by atoms with van der Waals surface area (Å²) in [6.07, 6.45) is 7.32. The molecule has 0 saturated carbocycles. The fourth-order valence-corrected chi connectivity index (χ4v) is 2.59. The lowest BCUT2D eigenvalue weighted by molar-refractivity contribution is 0.0839. The molecule has 0 spiro atoms. The molecule has 0 amide bonds. The molecule has 2 rings (SSSR count). The Hall–Kier alpha value is -0.0400. The van der Waals surface area contributed by atoms with Crippen LogP contribution in [0, 0.1) is 5.92 Å². The molecule has 15 heavy (non-hydrogen) atoms. The smallest absolute Gasteiger partial charge is 0.00978 e. The van der Waals surface area contributed by atoms with Crippen LogP contribution in [0.5, 0.6) is 0 Å². The second-order valence-electron chi connectivity index (χ2n) is 4.32. The number of hydrogen-bond donors (Lipinski definition) is 0. The zero-order chi connectivity index (χ0) is 11.7. The normalized spacial score (nSPS) is 30.2. The SMILES string of the molecule is CC.CC.CC1CCN2CCCCC2C1. The number of rotatable bonds is 0. The molecule has 0 aromatic heterocycles. The van der Waals surface area contributed by atoms with E-state index in [0.717, 1.165) is 12.0 Å². The van der Waals surface area contributed by atoms with Crippen molar-refractivity contribution < 1.29 is 0 Å². The van der Waals surface area contributed by atoms with Crippen molar-refractivity contribution in [1.29, 1.82) is 0 Å². The Morgan fingerprint density at radius 1 is 0.867 bits per heavy atom. The van der Waals surface area contributed by atoms with Crippen LogP contribution < -0.4 is 0 Å². The van der Waals surface area contributed by atoms with Gasteiger partial charge < -0.3 is 4.90 Å². The van der Waals surface area contributed by atoms with Gasteiger partial charge in [-0.3, -0.25) is 0 Å². The monoisotopic (exact) mass is 213 g/mol. The number of fused-ring (bicyclic) bond motifs is 1. The molecule has 0 bridgehead atoms. The third-order valence-electron chi connectivity index (χ3n) is 3.33. The summed E-state index contributed by atoms with van der Waals surface area (Å²) in [6.45, 7) is 13.2. The first kappa shape index (κ1) is 15.0. The van der Waals surface area contributed by atoms with Gasteiger partial charge in [0.15, 0.2) is 0 Å². The summed E-state index contributed by atoms with van der Waals surface area (Å²) < 4.78 is 0. The minimum atomic E-state index is 0.965. The second-order valence-corrected chi connectivity index (χ2v) is 4.32. The van der Waals surface area contributed by atoms with Gasteiger partial charge in [0.2, 0.25) is 0 Å². The summed E-state index contributed by atoms with van der Waals surface area (Å²) in [4.78, 5) is 2.71. The number of nitrogens with zero attached hydrogens (tertiary/aromatic N) is 1. The highest BCUT2D eigenvalue weighted by Gasteiger charge is 2.27. The Balaban J connectivity index is 0.000000442. The van der Waals surface area contributed by atoms with E-state index in [2.05, 4.69) is 11.8 Å². The number of piperidine rings is 2. The molecule has 2 heterocycles. The molecule has 92 valence electrons. The quantitative estimate of drug-likeness (QED) is 0.579. The molecule has 2 fully saturated rings. The Morgan fingerprint density at radius 3 is 2.20 bits per heavy atom. The van der Waals surface area contributed by atoms with Gasteiger partial charge in [-0.2, -0.15) is 0 Å². The van der Waals surface area contributed by atoms with E-state index >= 15 is 0 Å². The molecule has 2 saturated heterocycles. The van der Waals surface area contributed by atoms with Gasteiger partial charge in [-0.25, -0.2) is 0 Å². The molecule has 0 N–H and O–H groups in total. The zero-order valence-electron chi connectivity index (χ0n) is 11.6. The van der Waals surface area contributed by atoms with E-state index in [1.54, 1.807) is 0 Å². The third-order valence-corrected chi connectivity index (χ3v) is 3.33. The minimum Gasteiger partial charge on any atom is -0.300 e. The molecular weight excluding hydrogens is 182 g/mol. The molecule has 2 unspecified atom stereocenters. The second kappa shape index (κ2) is 9.21. The van der Waals surface area contributed by atoms with Gasteiger partial charge in [-0.1, -0.05) is 41.0 Å². The maximum absolute atomic E-state index is 2.71. The molecule has 0 aliphatic carbocycles. The van der Waals surface area contributed by atoms with E-state index in [1.165, 1.54) is 45.2 Å². The minimum absolute atomic E-state index is 0.965. The van der Waals surface area contributed by atoms with Crippen molar-refractivity contribution in [3.63, 3.8) is 0 Å². The molecule has 0 radical (unpaired) electrons. The average molecular weight is 213 g/mol. The Labute approximate surface area is 97.2 Å². The van der Waals surface area contributed by atoms with E-state index in [-0.39, 0.29) is 0 Å². The molecule has 0 aromatic rings. The topological polar surface area (TPSA) is 3.24 Å². The van der Waals surface area contributed by atoms with Crippen LogP contribution in [-0.4, -0.2) is 24.0 Å².